The molecule has 34 heavy (non-hydrogen) atoms. The van der Waals surface area contributed by atoms with Crippen LogP contribution in [0.2, 0.25) is 0 Å². The van der Waals surface area contributed by atoms with E-state index in [-0.39, 0.29) is 17.0 Å². The first-order valence-corrected chi connectivity index (χ1v) is 11.0. The molecule has 0 unspecified atom stereocenters. The number of rotatable bonds is 10. The number of benzene rings is 3. The number of halogens is 1. The summed E-state index contributed by atoms with van der Waals surface area (Å²) in [4.78, 5) is 23.0. The molecule has 0 aliphatic carbocycles. The first-order valence-electron chi connectivity index (χ1n) is 10.2. The van der Waals surface area contributed by atoms with Gasteiger partial charge in [0.1, 0.15) is 12.4 Å². The van der Waals surface area contributed by atoms with Gasteiger partial charge < -0.3 is 14.2 Å². The second-order valence-electron chi connectivity index (χ2n) is 6.88. The highest BCUT2D eigenvalue weighted by Gasteiger charge is 2.17. The van der Waals surface area contributed by atoms with Crippen LogP contribution >= 0.6 is 15.9 Å². The number of hydrogen-bond donors (Lipinski definition) is 1. The van der Waals surface area contributed by atoms with E-state index in [1.807, 2.05) is 37.3 Å². The van der Waals surface area contributed by atoms with Crippen molar-refractivity contribution in [1.29, 1.82) is 0 Å². The molecule has 0 radical (unpaired) electrons. The molecule has 1 N–H and O–H groups in total. The van der Waals surface area contributed by atoms with Crippen LogP contribution in [0.25, 0.3) is 0 Å². The monoisotopic (exact) mass is 527 g/mol. The highest BCUT2D eigenvalue weighted by atomic mass is 79.9. The predicted molar refractivity (Wildman–Crippen MR) is 131 cm³/mol. The zero-order valence-electron chi connectivity index (χ0n) is 18.5. The van der Waals surface area contributed by atoms with E-state index in [1.54, 1.807) is 12.1 Å². The number of carbonyl (C=O) groups is 1. The SMILES string of the molecule is CCOc1cc(/C=N\NC(=O)c2cc([N+](=O)[O-])ccc2OC)cc(Br)c1OCc1ccccc1. The molecule has 0 saturated carbocycles. The minimum absolute atomic E-state index is 0.00491. The van der Waals surface area contributed by atoms with Gasteiger partial charge in [-0.25, -0.2) is 5.43 Å². The van der Waals surface area contributed by atoms with E-state index < -0.39 is 10.8 Å². The number of methoxy groups -OCH3 is 1. The maximum atomic E-state index is 12.5. The van der Waals surface area contributed by atoms with Crippen LogP contribution in [0.1, 0.15) is 28.4 Å². The average molecular weight is 528 g/mol. The summed E-state index contributed by atoms with van der Waals surface area (Å²) in [6.45, 7) is 2.66. The molecule has 10 heteroatoms. The van der Waals surface area contributed by atoms with Gasteiger partial charge in [0, 0.05) is 12.1 Å². The van der Waals surface area contributed by atoms with Crippen molar-refractivity contribution in [2.24, 2.45) is 5.10 Å². The number of hydrazone groups is 1. The molecule has 3 aromatic carbocycles. The van der Waals surface area contributed by atoms with E-state index in [1.165, 1.54) is 25.5 Å². The van der Waals surface area contributed by atoms with Crippen LogP contribution in [0, 0.1) is 10.1 Å². The molecule has 3 aromatic rings. The van der Waals surface area contributed by atoms with E-state index in [0.717, 1.165) is 11.6 Å². The average Bonchev–Trinajstić information content (AvgIpc) is 2.83. The number of nitrogens with one attached hydrogen (secondary N) is 1. The lowest BCUT2D eigenvalue weighted by Crippen LogP contribution is -2.18. The van der Waals surface area contributed by atoms with E-state index in [9.17, 15) is 14.9 Å². The smallest absolute Gasteiger partial charge is 0.275 e. The fourth-order valence-corrected chi connectivity index (χ4v) is 3.58. The lowest BCUT2D eigenvalue weighted by Gasteiger charge is -2.14. The number of ether oxygens (including phenoxy) is 3. The van der Waals surface area contributed by atoms with Crippen molar-refractivity contribution >= 4 is 33.7 Å². The largest absolute Gasteiger partial charge is 0.496 e. The molecule has 0 atom stereocenters. The number of carbonyl (C=O) groups excluding carboxylic acids is 1. The normalized spacial score (nSPS) is 10.7. The Morgan fingerprint density at radius 1 is 1.12 bits per heavy atom. The summed E-state index contributed by atoms with van der Waals surface area (Å²) in [5.74, 6) is 0.609. The number of non-ortho nitro benzene ring substituents is 1. The van der Waals surface area contributed by atoms with Crippen molar-refractivity contribution in [2.45, 2.75) is 13.5 Å². The molecule has 176 valence electrons. The predicted octanol–water partition coefficient (Wildman–Crippen LogP) is 5.11. The summed E-state index contributed by atoms with van der Waals surface area (Å²) in [5.41, 5.74) is 3.77. The van der Waals surface area contributed by atoms with Crippen LogP contribution in [-0.2, 0) is 6.61 Å². The Bertz CT molecular complexity index is 1200. The number of nitro benzene ring substituents is 1. The Balaban J connectivity index is 1.76. The summed E-state index contributed by atoms with van der Waals surface area (Å²) >= 11 is 3.51. The van der Waals surface area contributed by atoms with Crippen molar-refractivity contribution in [3.05, 3.63) is 91.9 Å². The lowest BCUT2D eigenvalue weighted by molar-refractivity contribution is -0.384. The number of nitrogens with zero attached hydrogens (tertiary/aromatic N) is 2. The summed E-state index contributed by atoms with van der Waals surface area (Å²) in [7, 11) is 1.37. The van der Waals surface area contributed by atoms with Crippen LogP contribution in [-0.4, -0.2) is 30.8 Å². The number of amides is 1. The minimum atomic E-state index is -0.649. The standard InChI is InChI=1S/C24H22BrN3O6/c1-3-33-22-12-17(11-20(25)23(22)34-15-16-7-5-4-6-8-16)14-26-27-24(29)19-13-18(28(30)31)9-10-21(19)32-2/h4-14H,3,15H2,1-2H3,(H,27,29)/b26-14-. The first kappa shape index (κ1) is 24.7. The Hall–Kier alpha value is -3.92. The molecule has 0 bridgehead atoms. The molecule has 0 aliphatic rings. The van der Waals surface area contributed by atoms with Gasteiger partial charge in [0.25, 0.3) is 11.6 Å². The Morgan fingerprint density at radius 2 is 1.88 bits per heavy atom. The van der Waals surface area contributed by atoms with Crippen LogP contribution < -0.4 is 19.6 Å². The van der Waals surface area contributed by atoms with Crippen LogP contribution in [0.15, 0.2) is 70.2 Å². The molecule has 0 saturated heterocycles. The van der Waals surface area contributed by atoms with Crippen molar-refractivity contribution in [2.75, 3.05) is 13.7 Å². The highest BCUT2D eigenvalue weighted by Crippen LogP contribution is 2.37. The molecule has 0 aliphatic heterocycles. The molecular formula is C24H22BrN3O6. The second-order valence-corrected chi connectivity index (χ2v) is 7.73. The van der Waals surface area contributed by atoms with Crippen LogP contribution in [0.3, 0.4) is 0 Å². The molecule has 0 aromatic heterocycles. The van der Waals surface area contributed by atoms with Crippen molar-refractivity contribution in [3.8, 4) is 17.2 Å². The van der Waals surface area contributed by atoms with Crippen LogP contribution in [0.4, 0.5) is 5.69 Å². The lowest BCUT2D eigenvalue weighted by atomic mass is 10.1. The van der Waals surface area contributed by atoms with Crippen LogP contribution in [0.5, 0.6) is 17.2 Å². The van der Waals surface area contributed by atoms with Gasteiger partial charge in [-0.2, -0.15) is 5.10 Å². The third-order valence-corrected chi connectivity index (χ3v) is 5.16. The van der Waals surface area contributed by atoms with Gasteiger partial charge in [0.15, 0.2) is 11.5 Å². The molecule has 0 heterocycles. The van der Waals surface area contributed by atoms with Gasteiger partial charge in [-0.05, 0) is 52.2 Å². The molecule has 0 spiro atoms. The maximum Gasteiger partial charge on any atom is 0.275 e. The van der Waals surface area contributed by atoms with E-state index in [4.69, 9.17) is 14.2 Å². The Labute approximate surface area is 204 Å². The van der Waals surface area contributed by atoms with Crippen molar-refractivity contribution in [3.63, 3.8) is 0 Å². The van der Waals surface area contributed by atoms with Crippen molar-refractivity contribution in [1.82, 2.24) is 5.43 Å². The van der Waals surface area contributed by atoms with Gasteiger partial charge in [-0.15, -0.1) is 0 Å². The Kier molecular flexibility index (Phi) is 8.58. The van der Waals surface area contributed by atoms with Gasteiger partial charge >= 0.3 is 0 Å². The molecule has 0 fully saturated rings. The van der Waals surface area contributed by atoms with Gasteiger partial charge in [0.05, 0.1) is 34.9 Å². The number of nitro groups is 1. The number of hydrogen-bond acceptors (Lipinski definition) is 7. The van der Waals surface area contributed by atoms with E-state index in [2.05, 4.69) is 26.5 Å². The fourth-order valence-electron chi connectivity index (χ4n) is 3.01. The topological polar surface area (TPSA) is 112 Å². The third kappa shape index (κ3) is 6.32. The molecule has 9 nitrogen and oxygen atoms in total. The molecule has 1 amide bonds. The summed E-state index contributed by atoms with van der Waals surface area (Å²) < 4.78 is 17.5. The minimum Gasteiger partial charge on any atom is -0.496 e. The molecule has 3 rings (SSSR count). The zero-order valence-corrected chi connectivity index (χ0v) is 20.1. The van der Waals surface area contributed by atoms with Gasteiger partial charge in [-0.3, -0.25) is 14.9 Å². The van der Waals surface area contributed by atoms with Gasteiger partial charge in [-0.1, -0.05) is 30.3 Å². The maximum absolute atomic E-state index is 12.5. The fraction of sp³-hybridized carbons (Fsp3) is 0.167. The summed E-state index contributed by atoms with van der Waals surface area (Å²) in [5, 5.41) is 15.0. The van der Waals surface area contributed by atoms with E-state index in [0.29, 0.717) is 34.7 Å². The van der Waals surface area contributed by atoms with Crippen molar-refractivity contribution < 1.29 is 23.9 Å². The molecular weight excluding hydrogens is 506 g/mol. The van der Waals surface area contributed by atoms with E-state index >= 15 is 0 Å². The van der Waals surface area contributed by atoms with Gasteiger partial charge in [0.2, 0.25) is 0 Å². The third-order valence-electron chi connectivity index (χ3n) is 4.58. The Morgan fingerprint density at radius 3 is 2.56 bits per heavy atom. The highest BCUT2D eigenvalue weighted by molar-refractivity contribution is 9.10. The second kappa shape index (κ2) is 11.8. The summed E-state index contributed by atoms with van der Waals surface area (Å²) in [6.07, 6.45) is 1.43. The summed E-state index contributed by atoms with van der Waals surface area (Å²) in [6, 6.07) is 17.0. The zero-order chi connectivity index (χ0) is 24.5. The quantitative estimate of drug-likeness (QED) is 0.223. The first-order chi connectivity index (χ1) is 16.4.